The van der Waals surface area contributed by atoms with Gasteiger partial charge in [0, 0.05) is 12.8 Å². The topological polar surface area (TPSA) is 0 Å². The standard InChI is InChI=1S/C17H27I/c1-2-3-4-5-6-7-8-9-10-11-12-13-14-15-16-17-18/h2-4,9-17H2,1H3. The zero-order valence-corrected chi connectivity index (χ0v) is 14.0. The van der Waals surface area contributed by atoms with E-state index in [9.17, 15) is 0 Å². The maximum absolute atomic E-state index is 3.15. The molecule has 0 aliphatic heterocycles. The molecule has 0 aromatic rings. The van der Waals surface area contributed by atoms with E-state index in [0.717, 1.165) is 12.8 Å². The van der Waals surface area contributed by atoms with Gasteiger partial charge in [0.2, 0.25) is 0 Å². The summed E-state index contributed by atoms with van der Waals surface area (Å²) in [4.78, 5) is 0. The molecule has 0 aliphatic carbocycles. The first-order valence-corrected chi connectivity index (χ1v) is 8.96. The van der Waals surface area contributed by atoms with Gasteiger partial charge >= 0.3 is 0 Å². The average molecular weight is 358 g/mol. The van der Waals surface area contributed by atoms with Crippen molar-refractivity contribution in [2.45, 2.75) is 77.6 Å². The number of alkyl halides is 1. The van der Waals surface area contributed by atoms with E-state index in [0.29, 0.717) is 0 Å². The zero-order chi connectivity index (χ0) is 13.3. The smallest absolute Gasteiger partial charge is 0.00989 e. The predicted molar refractivity (Wildman–Crippen MR) is 90.9 cm³/mol. The van der Waals surface area contributed by atoms with Gasteiger partial charge < -0.3 is 0 Å². The van der Waals surface area contributed by atoms with E-state index in [-0.39, 0.29) is 0 Å². The molecule has 0 radical (unpaired) electrons. The summed E-state index contributed by atoms with van der Waals surface area (Å²) in [7, 11) is 0. The minimum Gasteiger partial charge on any atom is -0.0891 e. The summed E-state index contributed by atoms with van der Waals surface area (Å²) in [6, 6.07) is 0. The summed E-state index contributed by atoms with van der Waals surface area (Å²) in [5, 5.41) is 0. The molecule has 0 saturated heterocycles. The summed E-state index contributed by atoms with van der Waals surface area (Å²) >= 11 is 2.46. The van der Waals surface area contributed by atoms with Gasteiger partial charge in [-0.2, -0.15) is 0 Å². The third-order valence-corrected chi connectivity index (χ3v) is 3.59. The van der Waals surface area contributed by atoms with Crippen LogP contribution in [-0.2, 0) is 0 Å². The quantitative estimate of drug-likeness (QED) is 0.202. The van der Waals surface area contributed by atoms with Gasteiger partial charge in [0.1, 0.15) is 0 Å². The van der Waals surface area contributed by atoms with Crippen molar-refractivity contribution in [1.82, 2.24) is 0 Å². The van der Waals surface area contributed by atoms with E-state index >= 15 is 0 Å². The Morgan fingerprint density at radius 2 is 1.17 bits per heavy atom. The monoisotopic (exact) mass is 358 g/mol. The Hall–Kier alpha value is -0.150. The van der Waals surface area contributed by atoms with Crippen LogP contribution in [0, 0.1) is 23.7 Å². The van der Waals surface area contributed by atoms with Crippen molar-refractivity contribution in [1.29, 1.82) is 0 Å². The van der Waals surface area contributed by atoms with Crippen LogP contribution in [-0.4, -0.2) is 4.43 Å². The number of rotatable bonds is 10. The van der Waals surface area contributed by atoms with Gasteiger partial charge in [-0.3, -0.25) is 0 Å². The summed E-state index contributed by atoms with van der Waals surface area (Å²) in [5.41, 5.74) is 0. The van der Waals surface area contributed by atoms with E-state index in [1.807, 2.05) is 0 Å². The number of halogens is 1. The fourth-order valence-corrected chi connectivity index (χ4v) is 2.21. The Labute approximate surface area is 128 Å². The molecule has 0 atom stereocenters. The number of unbranched alkanes of at least 4 members (excludes halogenated alkanes) is 9. The maximum atomic E-state index is 3.15. The van der Waals surface area contributed by atoms with Crippen LogP contribution < -0.4 is 0 Å². The normalized spacial score (nSPS) is 9.22. The molecule has 102 valence electrons. The highest BCUT2D eigenvalue weighted by Gasteiger charge is 1.90. The molecule has 0 amide bonds. The number of hydrogen-bond donors (Lipinski definition) is 0. The van der Waals surface area contributed by atoms with Crippen LogP contribution in [0.4, 0.5) is 0 Å². The van der Waals surface area contributed by atoms with Gasteiger partial charge in [0.05, 0.1) is 0 Å². The van der Waals surface area contributed by atoms with E-state index in [2.05, 4.69) is 53.2 Å². The minimum absolute atomic E-state index is 1.00. The zero-order valence-electron chi connectivity index (χ0n) is 11.9. The Kier molecular flexibility index (Phi) is 16.7. The second-order valence-corrected chi connectivity index (χ2v) is 5.70. The predicted octanol–water partition coefficient (Wildman–Crippen LogP) is 5.74. The molecule has 0 N–H and O–H groups in total. The van der Waals surface area contributed by atoms with Crippen molar-refractivity contribution >= 4 is 22.6 Å². The summed E-state index contributed by atoms with van der Waals surface area (Å²) in [6.45, 7) is 2.19. The third-order valence-electron chi connectivity index (χ3n) is 2.83. The lowest BCUT2D eigenvalue weighted by Crippen LogP contribution is -1.80. The third kappa shape index (κ3) is 15.9. The summed E-state index contributed by atoms with van der Waals surface area (Å²) in [5.74, 6) is 12.1. The van der Waals surface area contributed by atoms with Gasteiger partial charge in [-0.1, -0.05) is 79.9 Å². The fraction of sp³-hybridized carbons (Fsp3) is 0.765. The first-order chi connectivity index (χ1) is 8.91. The second kappa shape index (κ2) is 16.9. The van der Waals surface area contributed by atoms with Crippen molar-refractivity contribution in [2.75, 3.05) is 4.43 Å². The highest BCUT2D eigenvalue weighted by Crippen LogP contribution is 2.08. The Bertz CT molecular complexity index is 271. The molecule has 0 heterocycles. The van der Waals surface area contributed by atoms with E-state index < -0.39 is 0 Å². The largest absolute Gasteiger partial charge is 0.0891 e. The molecule has 18 heavy (non-hydrogen) atoms. The number of hydrogen-bond acceptors (Lipinski definition) is 0. The molecular weight excluding hydrogens is 331 g/mol. The maximum Gasteiger partial charge on any atom is 0.00989 e. The Morgan fingerprint density at radius 3 is 1.72 bits per heavy atom. The molecular formula is C17H27I. The van der Waals surface area contributed by atoms with Crippen molar-refractivity contribution in [3.8, 4) is 23.7 Å². The summed E-state index contributed by atoms with van der Waals surface area (Å²) < 4.78 is 1.31. The van der Waals surface area contributed by atoms with Crippen LogP contribution in [0.25, 0.3) is 0 Å². The molecule has 0 unspecified atom stereocenters. The molecule has 0 aromatic heterocycles. The highest BCUT2D eigenvalue weighted by atomic mass is 127. The summed E-state index contributed by atoms with van der Waals surface area (Å²) in [6.07, 6.45) is 14.0. The molecule has 1 heteroatoms. The van der Waals surface area contributed by atoms with Crippen molar-refractivity contribution in [3.05, 3.63) is 0 Å². The SMILES string of the molecule is CCCCC#CC#CCCCCCCCCCI. The van der Waals surface area contributed by atoms with Crippen LogP contribution in [0.1, 0.15) is 77.6 Å². The first-order valence-electron chi connectivity index (χ1n) is 7.43. The molecule has 0 bridgehead atoms. The minimum atomic E-state index is 1.00. The van der Waals surface area contributed by atoms with Crippen LogP contribution >= 0.6 is 22.6 Å². The van der Waals surface area contributed by atoms with Crippen LogP contribution in [0.3, 0.4) is 0 Å². The van der Waals surface area contributed by atoms with Gasteiger partial charge in [-0.25, -0.2) is 0 Å². The average Bonchev–Trinajstić information content (AvgIpc) is 2.39. The lowest BCUT2D eigenvalue weighted by Gasteiger charge is -1.98. The first kappa shape index (κ1) is 17.8. The molecule has 0 rings (SSSR count). The van der Waals surface area contributed by atoms with Crippen LogP contribution in [0.5, 0.6) is 0 Å². The lowest BCUT2D eigenvalue weighted by atomic mass is 10.1. The van der Waals surface area contributed by atoms with Crippen molar-refractivity contribution in [3.63, 3.8) is 0 Å². The second-order valence-electron chi connectivity index (χ2n) is 4.62. The van der Waals surface area contributed by atoms with Gasteiger partial charge in [0.25, 0.3) is 0 Å². The lowest BCUT2D eigenvalue weighted by molar-refractivity contribution is 0.596. The fourth-order valence-electron chi connectivity index (χ4n) is 1.67. The van der Waals surface area contributed by atoms with Gasteiger partial charge in [-0.15, -0.1) is 0 Å². The Balaban J connectivity index is 3.19. The van der Waals surface area contributed by atoms with Crippen LogP contribution in [0.2, 0.25) is 0 Å². The van der Waals surface area contributed by atoms with Gasteiger partial charge in [0.15, 0.2) is 0 Å². The molecule has 0 aliphatic rings. The molecule has 0 aromatic carbocycles. The van der Waals surface area contributed by atoms with Gasteiger partial charge in [-0.05, 0) is 35.5 Å². The van der Waals surface area contributed by atoms with E-state index in [4.69, 9.17) is 0 Å². The molecule has 0 spiro atoms. The highest BCUT2D eigenvalue weighted by molar-refractivity contribution is 14.1. The Morgan fingerprint density at radius 1 is 0.667 bits per heavy atom. The van der Waals surface area contributed by atoms with E-state index in [1.54, 1.807) is 0 Å². The van der Waals surface area contributed by atoms with Crippen molar-refractivity contribution < 1.29 is 0 Å². The van der Waals surface area contributed by atoms with Crippen molar-refractivity contribution in [2.24, 2.45) is 0 Å². The molecule has 0 fully saturated rings. The molecule has 0 nitrogen and oxygen atoms in total. The molecule has 0 saturated carbocycles. The van der Waals surface area contributed by atoms with Crippen LogP contribution in [0.15, 0.2) is 0 Å². The van der Waals surface area contributed by atoms with E-state index in [1.165, 1.54) is 62.2 Å².